The number of imide groups is 1. The van der Waals surface area contributed by atoms with Gasteiger partial charge >= 0.3 is 0 Å². The quantitative estimate of drug-likeness (QED) is 0.822. The molecule has 108 valence electrons. The molecule has 0 spiro atoms. The fourth-order valence-corrected chi connectivity index (χ4v) is 2.99. The molecule has 1 aliphatic rings. The molecule has 0 saturated carbocycles. The molecule has 0 bridgehead atoms. The minimum Gasteiger partial charge on any atom is -0.349 e. The number of nitrogens with zero attached hydrogens (tertiary/aromatic N) is 1. The topological polar surface area (TPSA) is 75.4 Å². The number of benzene rings is 1. The van der Waals surface area contributed by atoms with Crippen molar-refractivity contribution in [3.63, 3.8) is 0 Å². The largest absolute Gasteiger partial charge is 0.349 e. The summed E-state index contributed by atoms with van der Waals surface area (Å²) in [4.78, 5) is 25.3. The van der Waals surface area contributed by atoms with Crippen molar-refractivity contribution in [2.24, 2.45) is 5.73 Å². The first-order chi connectivity index (χ1) is 9.43. The lowest BCUT2D eigenvalue weighted by molar-refractivity contribution is -0.132. The molecule has 5 nitrogen and oxygen atoms in total. The Labute approximate surface area is 126 Å². The SMILES string of the molecule is CCC1C(=O)NC(=O)CN1c1ccc(C(C)N)cc1Br. The first-order valence-electron chi connectivity index (χ1n) is 6.59. The molecule has 6 heteroatoms. The van der Waals surface area contributed by atoms with Gasteiger partial charge in [0.2, 0.25) is 11.8 Å². The zero-order valence-corrected chi connectivity index (χ0v) is 13.1. The van der Waals surface area contributed by atoms with Crippen molar-refractivity contribution in [1.29, 1.82) is 0 Å². The maximum Gasteiger partial charge on any atom is 0.249 e. The average Bonchev–Trinajstić information content (AvgIpc) is 2.37. The smallest absolute Gasteiger partial charge is 0.249 e. The van der Waals surface area contributed by atoms with E-state index in [4.69, 9.17) is 5.73 Å². The molecule has 1 aromatic carbocycles. The maximum atomic E-state index is 11.9. The number of carbonyl (C=O) groups excluding carboxylic acids is 2. The van der Waals surface area contributed by atoms with Gasteiger partial charge in [-0.15, -0.1) is 0 Å². The molecule has 2 unspecified atom stereocenters. The van der Waals surface area contributed by atoms with E-state index < -0.39 is 0 Å². The molecular weight excluding hydrogens is 322 g/mol. The summed E-state index contributed by atoms with van der Waals surface area (Å²) in [7, 11) is 0. The Kier molecular flexibility index (Phi) is 4.45. The second kappa shape index (κ2) is 5.93. The molecule has 2 amide bonds. The van der Waals surface area contributed by atoms with Gasteiger partial charge in [-0.3, -0.25) is 14.9 Å². The lowest BCUT2D eigenvalue weighted by Gasteiger charge is -2.36. The Morgan fingerprint density at radius 1 is 1.50 bits per heavy atom. The highest BCUT2D eigenvalue weighted by atomic mass is 79.9. The van der Waals surface area contributed by atoms with Gasteiger partial charge in [-0.25, -0.2) is 0 Å². The molecule has 0 aliphatic carbocycles. The lowest BCUT2D eigenvalue weighted by Crippen LogP contribution is -2.58. The predicted molar refractivity (Wildman–Crippen MR) is 81.3 cm³/mol. The van der Waals surface area contributed by atoms with E-state index in [2.05, 4.69) is 21.2 Å². The number of hydrogen-bond donors (Lipinski definition) is 2. The zero-order valence-electron chi connectivity index (χ0n) is 11.5. The Bertz CT molecular complexity index is 545. The molecule has 1 heterocycles. The first kappa shape index (κ1) is 15.0. The van der Waals surface area contributed by atoms with Crippen LogP contribution in [0, 0.1) is 0 Å². The van der Waals surface area contributed by atoms with Gasteiger partial charge in [0.25, 0.3) is 0 Å². The summed E-state index contributed by atoms with van der Waals surface area (Å²) >= 11 is 3.51. The van der Waals surface area contributed by atoms with Crippen LogP contribution in [-0.2, 0) is 9.59 Å². The normalized spacial score (nSPS) is 20.8. The van der Waals surface area contributed by atoms with Crippen molar-refractivity contribution >= 4 is 33.4 Å². The number of rotatable bonds is 3. The van der Waals surface area contributed by atoms with Crippen LogP contribution in [0.15, 0.2) is 22.7 Å². The van der Waals surface area contributed by atoms with Crippen molar-refractivity contribution in [2.75, 3.05) is 11.4 Å². The van der Waals surface area contributed by atoms with E-state index in [-0.39, 0.29) is 30.4 Å². The molecule has 0 aromatic heterocycles. The second-order valence-corrected chi connectivity index (χ2v) is 5.82. The van der Waals surface area contributed by atoms with Gasteiger partial charge in [-0.1, -0.05) is 13.0 Å². The maximum absolute atomic E-state index is 11.9. The molecule has 2 atom stereocenters. The molecule has 20 heavy (non-hydrogen) atoms. The van der Waals surface area contributed by atoms with Crippen molar-refractivity contribution in [1.82, 2.24) is 5.32 Å². The molecule has 1 aliphatic heterocycles. The van der Waals surface area contributed by atoms with Crippen molar-refractivity contribution < 1.29 is 9.59 Å². The fraction of sp³-hybridized carbons (Fsp3) is 0.429. The molecule has 1 fully saturated rings. The summed E-state index contributed by atoms with van der Waals surface area (Å²) in [6, 6.07) is 5.37. The average molecular weight is 340 g/mol. The molecule has 3 N–H and O–H groups in total. The Balaban J connectivity index is 2.38. The van der Waals surface area contributed by atoms with Crippen LogP contribution in [0.4, 0.5) is 5.69 Å². The standard InChI is InChI=1S/C14H18BrN3O2/c1-3-11-14(20)17-13(19)7-18(11)12-5-4-9(8(2)16)6-10(12)15/h4-6,8,11H,3,7,16H2,1-2H3,(H,17,19,20). The van der Waals surface area contributed by atoms with Crippen LogP contribution in [0.2, 0.25) is 0 Å². The number of piperazine rings is 1. The van der Waals surface area contributed by atoms with Crippen molar-refractivity contribution in [3.05, 3.63) is 28.2 Å². The van der Waals surface area contributed by atoms with Crippen LogP contribution in [0.25, 0.3) is 0 Å². The Hall–Kier alpha value is -1.40. The van der Waals surface area contributed by atoms with Gasteiger partial charge in [0.05, 0.1) is 12.2 Å². The first-order valence-corrected chi connectivity index (χ1v) is 7.38. The van der Waals surface area contributed by atoms with Crippen LogP contribution < -0.4 is 16.0 Å². The minimum absolute atomic E-state index is 0.0615. The van der Waals surface area contributed by atoms with Crippen LogP contribution in [0.5, 0.6) is 0 Å². The van der Waals surface area contributed by atoms with E-state index in [1.54, 1.807) is 0 Å². The Morgan fingerprint density at radius 3 is 2.75 bits per heavy atom. The molecular formula is C14H18BrN3O2. The van der Waals surface area contributed by atoms with Gasteiger partial charge in [-0.05, 0) is 47.0 Å². The Morgan fingerprint density at radius 2 is 2.20 bits per heavy atom. The van der Waals surface area contributed by atoms with Crippen LogP contribution >= 0.6 is 15.9 Å². The zero-order chi connectivity index (χ0) is 14.9. The van der Waals surface area contributed by atoms with Gasteiger partial charge in [0.1, 0.15) is 6.04 Å². The third-order valence-electron chi connectivity index (χ3n) is 3.45. The van der Waals surface area contributed by atoms with E-state index in [1.165, 1.54) is 0 Å². The number of nitrogens with one attached hydrogen (secondary N) is 1. The highest BCUT2D eigenvalue weighted by Gasteiger charge is 2.33. The number of nitrogens with two attached hydrogens (primary N) is 1. The number of carbonyl (C=O) groups is 2. The lowest BCUT2D eigenvalue weighted by atomic mass is 10.1. The van der Waals surface area contributed by atoms with Gasteiger partial charge in [0, 0.05) is 10.5 Å². The summed E-state index contributed by atoms with van der Waals surface area (Å²) in [5, 5.41) is 2.37. The van der Waals surface area contributed by atoms with Crippen molar-refractivity contribution in [2.45, 2.75) is 32.4 Å². The number of hydrogen-bond acceptors (Lipinski definition) is 4. The third kappa shape index (κ3) is 2.86. The van der Waals surface area contributed by atoms with Crippen LogP contribution in [0.3, 0.4) is 0 Å². The fourth-order valence-electron chi connectivity index (χ4n) is 2.36. The summed E-state index contributed by atoms with van der Waals surface area (Å²) < 4.78 is 0.841. The summed E-state index contributed by atoms with van der Waals surface area (Å²) in [6.45, 7) is 4.02. The number of halogens is 1. The van der Waals surface area contributed by atoms with E-state index in [9.17, 15) is 9.59 Å². The van der Waals surface area contributed by atoms with E-state index in [0.717, 1.165) is 15.7 Å². The highest BCUT2D eigenvalue weighted by Crippen LogP contribution is 2.31. The van der Waals surface area contributed by atoms with E-state index >= 15 is 0 Å². The van der Waals surface area contributed by atoms with Gasteiger partial charge < -0.3 is 10.6 Å². The third-order valence-corrected chi connectivity index (χ3v) is 4.08. The molecule has 1 saturated heterocycles. The number of amides is 2. The summed E-state index contributed by atoms with van der Waals surface area (Å²) in [5.74, 6) is -0.519. The van der Waals surface area contributed by atoms with Crippen LogP contribution in [0.1, 0.15) is 31.9 Å². The molecule has 0 radical (unpaired) electrons. The van der Waals surface area contributed by atoms with Crippen molar-refractivity contribution in [3.8, 4) is 0 Å². The van der Waals surface area contributed by atoms with Gasteiger partial charge in [0.15, 0.2) is 0 Å². The van der Waals surface area contributed by atoms with Crippen LogP contribution in [-0.4, -0.2) is 24.4 Å². The monoisotopic (exact) mass is 339 g/mol. The van der Waals surface area contributed by atoms with Gasteiger partial charge in [-0.2, -0.15) is 0 Å². The number of anilines is 1. The summed E-state index contributed by atoms with van der Waals surface area (Å²) in [6.07, 6.45) is 0.639. The molecule has 2 rings (SSSR count). The summed E-state index contributed by atoms with van der Waals surface area (Å²) in [5.41, 5.74) is 7.69. The minimum atomic E-state index is -0.329. The second-order valence-electron chi connectivity index (χ2n) is 4.96. The van der Waals surface area contributed by atoms with E-state index in [0.29, 0.717) is 6.42 Å². The molecule has 1 aromatic rings. The predicted octanol–water partition coefficient (Wildman–Crippen LogP) is 1.71. The van der Waals surface area contributed by atoms with E-state index in [1.807, 2.05) is 36.9 Å². The highest BCUT2D eigenvalue weighted by molar-refractivity contribution is 9.10.